The summed E-state index contributed by atoms with van der Waals surface area (Å²) in [5.41, 5.74) is 2.21. The highest BCUT2D eigenvalue weighted by atomic mass is 35.5. The summed E-state index contributed by atoms with van der Waals surface area (Å²) in [6.07, 6.45) is 0. The number of halogens is 2. The molecular weight excluding hydrogens is 305 g/mol. The first-order chi connectivity index (χ1) is 10.1. The maximum Gasteiger partial charge on any atom is 0.142 e. The Hall–Kier alpha value is -1.03. The molecule has 1 atom stereocenters. The largest absolute Gasteiger partial charge is 0.310 e. The van der Waals surface area contributed by atoms with Crippen LogP contribution in [0.25, 0.3) is 0 Å². The first-order valence-corrected chi connectivity index (χ1v) is 8.36. The number of rotatable bonds is 6. The third-order valence-electron chi connectivity index (χ3n) is 3.28. The zero-order chi connectivity index (χ0) is 15.2. The zero-order valence-corrected chi connectivity index (χ0v) is 13.8. The second-order valence-corrected chi connectivity index (χ2v) is 6.34. The molecule has 0 bridgehead atoms. The van der Waals surface area contributed by atoms with E-state index < -0.39 is 0 Å². The molecule has 0 aliphatic heterocycles. The quantitative estimate of drug-likeness (QED) is 0.710. The molecule has 0 spiro atoms. The Labute approximate surface area is 134 Å². The average Bonchev–Trinajstić information content (AvgIpc) is 2.49. The molecule has 1 unspecified atom stereocenters. The van der Waals surface area contributed by atoms with Crippen LogP contribution in [0, 0.1) is 5.82 Å². The van der Waals surface area contributed by atoms with Gasteiger partial charge in [-0.05, 0) is 48.9 Å². The Kier molecular flexibility index (Phi) is 6.09. The fraction of sp³-hybridized carbons (Fsp3) is 0.294. The second-order valence-electron chi connectivity index (χ2n) is 4.89. The van der Waals surface area contributed by atoms with Crippen molar-refractivity contribution in [1.29, 1.82) is 0 Å². The van der Waals surface area contributed by atoms with Gasteiger partial charge in [-0.15, -0.1) is 11.8 Å². The highest BCUT2D eigenvalue weighted by Gasteiger charge is 2.05. The molecule has 4 heteroatoms. The van der Waals surface area contributed by atoms with E-state index >= 15 is 0 Å². The second kappa shape index (κ2) is 7.83. The Morgan fingerprint density at radius 2 is 1.90 bits per heavy atom. The van der Waals surface area contributed by atoms with Gasteiger partial charge in [-0.1, -0.05) is 36.7 Å². The molecule has 1 N–H and O–H groups in total. The van der Waals surface area contributed by atoms with E-state index in [1.54, 1.807) is 17.8 Å². The van der Waals surface area contributed by atoms with Crippen LogP contribution in [0.15, 0.2) is 47.4 Å². The van der Waals surface area contributed by atoms with Crippen molar-refractivity contribution < 1.29 is 4.39 Å². The van der Waals surface area contributed by atoms with Gasteiger partial charge in [0.15, 0.2) is 0 Å². The lowest BCUT2D eigenvalue weighted by molar-refractivity contribution is 0.598. The standard InChI is InChI=1S/C17H19ClFNS/c1-3-20-12(2)14-5-7-15(8-6-14)21-11-13-4-9-16(18)17(19)10-13/h4-10,12,20H,3,11H2,1-2H3. The van der Waals surface area contributed by atoms with Crippen molar-refractivity contribution >= 4 is 23.4 Å². The predicted octanol–water partition coefficient (Wildman–Crippen LogP) is 5.44. The summed E-state index contributed by atoms with van der Waals surface area (Å²) in [6, 6.07) is 13.8. The Morgan fingerprint density at radius 1 is 1.19 bits per heavy atom. The molecule has 0 amide bonds. The fourth-order valence-corrected chi connectivity index (χ4v) is 3.03. The SMILES string of the molecule is CCNC(C)c1ccc(SCc2ccc(Cl)c(F)c2)cc1. The monoisotopic (exact) mass is 323 g/mol. The Balaban J connectivity index is 1.95. The maximum atomic E-state index is 13.4. The third-order valence-corrected chi connectivity index (χ3v) is 4.67. The predicted molar refractivity (Wildman–Crippen MR) is 89.5 cm³/mol. The minimum Gasteiger partial charge on any atom is -0.310 e. The van der Waals surface area contributed by atoms with E-state index in [0.29, 0.717) is 6.04 Å². The summed E-state index contributed by atoms with van der Waals surface area (Å²) in [5.74, 6) is 0.375. The van der Waals surface area contributed by atoms with Gasteiger partial charge in [0.2, 0.25) is 0 Å². The minimum absolute atomic E-state index is 0.172. The van der Waals surface area contributed by atoms with Crippen LogP contribution in [0.3, 0.4) is 0 Å². The smallest absolute Gasteiger partial charge is 0.142 e. The molecule has 0 saturated heterocycles. The molecule has 2 aromatic rings. The van der Waals surface area contributed by atoms with Crippen LogP contribution in [0.5, 0.6) is 0 Å². The molecule has 0 aromatic heterocycles. The van der Waals surface area contributed by atoms with E-state index in [9.17, 15) is 4.39 Å². The van der Waals surface area contributed by atoms with Gasteiger partial charge in [-0.25, -0.2) is 4.39 Å². The van der Waals surface area contributed by atoms with Crippen LogP contribution in [0.4, 0.5) is 4.39 Å². The third kappa shape index (κ3) is 4.73. The first-order valence-electron chi connectivity index (χ1n) is 7.00. The number of hydrogen-bond acceptors (Lipinski definition) is 2. The lowest BCUT2D eigenvalue weighted by atomic mass is 10.1. The van der Waals surface area contributed by atoms with E-state index in [-0.39, 0.29) is 10.8 Å². The molecule has 0 aliphatic carbocycles. The van der Waals surface area contributed by atoms with Crippen LogP contribution >= 0.6 is 23.4 Å². The van der Waals surface area contributed by atoms with Gasteiger partial charge in [-0.3, -0.25) is 0 Å². The van der Waals surface area contributed by atoms with Crippen LogP contribution in [-0.4, -0.2) is 6.54 Å². The van der Waals surface area contributed by atoms with Gasteiger partial charge >= 0.3 is 0 Å². The number of benzene rings is 2. The number of nitrogens with one attached hydrogen (secondary N) is 1. The Bertz CT molecular complexity index is 586. The summed E-state index contributed by atoms with van der Waals surface area (Å²) in [6.45, 7) is 5.22. The van der Waals surface area contributed by atoms with E-state index in [2.05, 4.69) is 43.4 Å². The van der Waals surface area contributed by atoms with Gasteiger partial charge in [0.05, 0.1) is 5.02 Å². The molecule has 1 nitrogen and oxygen atoms in total. The minimum atomic E-state index is -0.357. The molecule has 2 rings (SSSR count). The van der Waals surface area contributed by atoms with Crippen molar-refractivity contribution in [1.82, 2.24) is 5.32 Å². The molecule has 0 fully saturated rings. The average molecular weight is 324 g/mol. The highest BCUT2D eigenvalue weighted by molar-refractivity contribution is 7.98. The van der Waals surface area contributed by atoms with E-state index in [1.165, 1.54) is 16.5 Å². The molecule has 0 heterocycles. The number of hydrogen-bond donors (Lipinski definition) is 1. The molecule has 21 heavy (non-hydrogen) atoms. The van der Waals surface area contributed by atoms with Crippen LogP contribution < -0.4 is 5.32 Å². The summed E-state index contributed by atoms with van der Waals surface area (Å²) in [5, 5.41) is 3.56. The molecule has 0 aliphatic rings. The lowest BCUT2D eigenvalue weighted by Gasteiger charge is -2.13. The van der Waals surface area contributed by atoms with Crippen molar-refractivity contribution in [3.05, 3.63) is 64.4 Å². The molecule has 2 aromatic carbocycles. The summed E-state index contributed by atoms with van der Waals surface area (Å²) in [4.78, 5) is 1.18. The van der Waals surface area contributed by atoms with E-state index in [4.69, 9.17) is 11.6 Å². The van der Waals surface area contributed by atoms with E-state index in [0.717, 1.165) is 17.9 Å². The number of thioether (sulfide) groups is 1. The van der Waals surface area contributed by atoms with Crippen molar-refractivity contribution in [2.75, 3.05) is 6.54 Å². The fourth-order valence-electron chi connectivity index (χ4n) is 2.07. The van der Waals surface area contributed by atoms with Gasteiger partial charge in [0.1, 0.15) is 5.82 Å². The van der Waals surface area contributed by atoms with Crippen molar-refractivity contribution in [2.24, 2.45) is 0 Å². The normalized spacial score (nSPS) is 12.4. The summed E-state index contributed by atoms with van der Waals surface area (Å²) < 4.78 is 13.4. The zero-order valence-electron chi connectivity index (χ0n) is 12.2. The van der Waals surface area contributed by atoms with E-state index in [1.807, 2.05) is 6.07 Å². The van der Waals surface area contributed by atoms with Gasteiger partial charge in [-0.2, -0.15) is 0 Å². The first kappa shape index (κ1) is 16.3. The summed E-state index contributed by atoms with van der Waals surface area (Å²) in [7, 11) is 0. The highest BCUT2D eigenvalue weighted by Crippen LogP contribution is 2.26. The lowest BCUT2D eigenvalue weighted by Crippen LogP contribution is -2.17. The Morgan fingerprint density at radius 3 is 2.52 bits per heavy atom. The maximum absolute atomic E-state index is 13.4. The van der Waals surface area contributed by atoms with Crippen molar-refractivity contribution in [2.45, 2.75) is 30.5 Å². The van der Waals surface area contributed by atoms with Crippen LogP contribution in [0.2, 0.25) is 5.02 Å². The van der Waals surface area contributed by atoms with Gasteiger partial charge in [0.25, 0.3) is 0 Å². The van der Waals surface area contributed by atoms with Crippen molar-refractivity contribution in [3.63, 3.8) is 0 Å². The van der Waals surface area contributed by atoms with Crippen molar-refractivity contribution in [3.8, 4) is 0 Å². The summed E-state index contributed by atoms with van der Waals surface area (Å²) >= 11 is 7.37. The van der Waals surface area contributed by atoms with Crippen LogP contribution in [-0.2, 0) is 5.75 Å². The topological polar surface area (TPSA) is 12.0 Å². The molecular formula is C17H19ClFNS. The molecule has 0 saturated carbocycles. The van der Waals surface area contributed by atoms with Crippen LogP contribution in [0.1, 0.15) is 31.0 Å². The molecule has 112 valence electrons. The molecule has 0 radical (unpaired) electrons. The van der Waals surface area contributed by atoms with Gasteiger partial charge in [0, 0.05) is 16.7 Å². The van der Waals surface area contributed by atoms with Gasteiger partial charge < -0.3 is 5.32 Å².